The van der Waals surface area contributed by atoms with E-state index >= 15 is 0 Å². The Morgan fingerprint density at radius 2 is 1.86 bits per heavy atom. The van der Waals surface area contributed by atoms with Crippen LogP contribution in [-0.2, 0) is 11.2 Å². The van der Waals surface area contributed by atoms with Crippen LogP contribution in [0.5, 0.6) is 5.75 Å². The molecule has 1 saturated heterocycles. The van der Waals surface area contributed by atoms with Gasteiger partial charge in [-0.15, -0.1) is 0 Å². The van der Waals surface area contributed by atoms with E-state index in [0.717, 1.165) is 35.9 Å². The number of hydrogen-bond acceptors (Lipinski definition) is 5. The first kappa shape index (κ1) is 20.0. The molecule has 2 aromatic rings. The second-order valence-electron chi connectivity index (χ2n) is 8.98. The molecule has 6 heteroatoms. The van der Waals surface area contributed by atoms with E-state index in [1.54, 1.807) is 0 Å². The molecule has 2 aliphatic rings. The van der Waals surface area contributed by atoms with Crippen molar-refractivity contribution in [2.75, 3.05) is 11.4 Å². The number of aryl methyl sites for hydroxylation is 1. The Morgan fingerprint density at radius 3 is 2.45 bits per heavy atom. The Morgan fingerprint density at radius 1 is 1.17 bits per heavy atom. The maximum Gasteiger partial charge on any atom is 0.233 e. The van der Waals surface area contributed by atoms with Crippen molar-refractivity contribution < 1.29 is 19.2 Å². The fourth-order valence-electron chi connectivity index (χ4n) is 4.72. The molecule has 1 N–H and O–H groups in total. The molecule has 1 aromatic heterocycles. The second kappa shape index (κ2) is 7.48. The third kappa shape index (κ3) is 4.04. The van der Waals surface area contributed by atoms with E-state index in [2.05, 4.69) is 5.16 Å². The highest BCUT2D eigenvalue weighted by atomic mass is 16.5. The summed E-state index contributed by atoms with van der Waals surface area (Å²) in [6.45, 7) is 6.57. The molecule has 0 unspecified atom stereocenters. The second-order valence-corrected chi connectivity index (χ2v) is 8.98. The molecule has 1 amide bonds. The summed E-state index contributed by atoms with van der Waals surface area (Å²) in [6.07, 6.45) is 4.10. The van der Waals surface area contributed by atoms with Gasteiger partial charge >= 0.3 is 0 Å². The van der Waals surface area contributed by atoms with Gasteiger partial charge in [-0.1, -0.05) is 5.16 Å². The van der Waals surface area contributed by atoms with Gasteiger partial charge in [0.25, 0.3) is 0 Å². The van der Waals surface area contributed by atoms with E-state index < -0.39 is 5.60 Å². The van der Waals surface area contributed by atoms with E-state index in [1.165, 1.54) is 0 Å². The zero-order valence-corrected chi connectivity index (χ0v) is 17.5. The largest absolute Gasteiger partial charge is 0.491 e. The van der Waals surface area contributed by atoms with Crippen LogP contribution in [0.4, 0.5) is 5.69 Å². The number of carbonyl (C=O) groups is 1. The van der Waals surface area contributed by atoms with Crippen molar-refractivity contribution in [3.05, 3.63) is 41.8 Å². The standard InChI is InChI=1S/C23H30N2O4/c1-16(2)28-20-6-4-19(5-7-20)25-13-12-22(21(25)26)8-10-23(27,11-9-22)15-18-14-17(3)29-24-18/h4-7,14,16,27H,8-13,15H2,1-3H3. The number of benzene rings is 1. The van der Waals surface area contributed by atoms with Gasteiger partial charge in [0, 0.05) is 24.7 Å². The molecular formula is C23H30N2O4. The van der Waals surface area contributed by atoms with Crippen molar-refractivity contribution in [2.24, 2.45) is 5.41 Å². The molecule has 1 spiro atoms. The highest BCUT2D eigenvalue weighted by Gasteiger charge is 2.51. The van der Waals surface area contributed by atoms with Crippen molar-refractivity contribution in [1.82, 2.24) is 5.16 Å². The maximum absolute atomic E-state index is 13.3. The van der Waals surface area contributed by atoms with Crippen LogP contribution in [0.15, 0.2) is 34.9 Å². The van der Waals surface area contributed by atoms with Gasteiger partial charge in [-0.05, 0) is 77.1 Å². The van der Waals surface area contributed by atoms with Gasteiger partial charge in [0.1, 0.15) is 11.5 Å². The lowest BCUT2D eigenvalue weighted by molar-refractivity contribution is -0.130. The smallest absolute Gasteiger partial charge is 0.233 e. The predicted molar refractivity (Wildman–Crippen MR) is 110 cm³/mol. The number of aromatic nitrogens is 1. The van der Waals surface area contributed by atoms with Crippen LogP contribution in [0.2, 0.25) is 0 Å². The minimum atomic E-state index is -0.807. The molecule has 29 heavy (non-hydrogen) atoms. The first-order valence-corrected chi connectivity index (χ1v) is 10.5. The number of ether oxygens (including phenoxy) is 1. The van der Waals surface area contributed by atoms with Gasteiger partial charge in [-0.3, -0.25) is 4.79 Å². The van der Waals surface area contributed by atoms with Crippen LogP contribution in [0.1, 0.15) is 57.4 Å². The first-order chi connectivity index (χ1) is 13.8. The number of amides is 1. The van der Waals surface area contributed by atoms with E-state index in [1.807, 2.05) is 56.0 Å². The number of carbonyl (C=O) groups excluding carboxylic acids is 1. The fourth-order valence-corrected chi connectivity index (χ4v) is 4.72. The van der Waals surface area contributed by atoms with Crippen LogP contribution in [0.3, 0.4) is 0 Å². The quantitative estimate of drug-likeness (QED) is 0.823. The molecule has 0 bridgehead atoms. The van der Waals surface area contributed by atoms with Crippen molar-refractivity contribution in [2.45, 2.75) is 71.0 Å². The minimum Gasteiger partial charge on any atom is -0.491 e. The van der Waals surface area contributed by atoms with Gasteiger partial charge < -0.3 is 19.3 Å². The van der Waals surface area contributed by atoms with E-state index in [0.29, 0.717) is 32.1 Å². The topological polar surface area (TPSA) is 75.8 Å². The average molecular weight is 399 g/mol. The summed E-state index contributed by atoms with van der Waals surface area (Å²) >= 11 is 0. The Bertz CT molecular complexity index is 863. The van der Waals surface area contributed by atoms with Crippen LogP contribution < -0.4 is 9.64 Å². The molecule has 2 heterocycles. The molecule has 0 radical (unpaired) electrons. The highest BCUT2D eigenvalue weighted by Crippen LogP contribution is 2.49. The Kier molecular flexibility index (Phi) is 5.15. The molecule has 1 aliphatic heterocycles. The van der Waals surface area contributed by atoms with Crippen LogP contribution in [0.25, 0.3) is 0 Å². The van der Waals surface area contributed by atoms with E-state index in [4.69, 9.17) is 9.26 Å². The minimum absolute atomic E-state index is 0.125. The molecular weight excluding hydrogens is 368 g/mol. The summed E-state index contributed by atoms with van der Waals surface area (Å²) < 4.78 is 10.8. The summed E-state index contributed by atoms with van der Waals surface area (Å²) in [7, 11) is 0. The van der Waals surface area contributed by atoms with Crippen molar-refractivity contribution in [3.8, 4) is 5.75 Å². The lowest BCUT2D eigenvalue weighted by atomic mass is 9.66. The molecule has 156 valence electrons. The third-order valence-corrected chi connectivity index (χ3v) is 6.36. The number of aliphatic hydroxyl groups is 1. The normalized spacial score (nSPS) is 27.2. The maximum atomic E-state index is 13.3. The van der Waals surface area contributed by atoms with Gasteiger partial charge in [-0.2, -0.15) is 0 Å². The van der Waals surface area contributed by atoms with E-state index in [-0.39, 0.29) is 17.4 Å². The van der Waals surface area contributed by atoms with Crippen LogP contribution >= 0.6 is 0 Å². The predicted octanol–water partition coefficient (Wildman–Crippen LogP) is 4.04. The number of anilines is 1. The van der Waals surface area contributed by atoms with Crippen molar-refractivity contribution >= 4 is 11.6 Å². The Hall–Kier alpha value is -2.34. The van der Waals surface area contributed by atoms with Crippen LogP contribution in [0, 0.1) is 12.3 Å². The number of nitrogens with zero attached hydrogens (tertiary/aromatic N) is 2. The number of rotatable bonds is 5. The average Bonchev–Trinajstić information content (AvgIpc) is 3.22. The lowest BCUT2D eigenvalue weighted by Gasteiger charge is -2.40. The van der Waals surface area contributed by atoms with E-state index in [9.17, 15) is 9.90 Å². The van der Waals surface area contributed by atoms with Crippen molar-refractivity contribution in [3.63, 3.8) is 0 Å². The molecule has 1 saturated carbocycles. The summed E-state index contributed by atoms with van der Waals surface area (Å²) in [6, 6.07) is 9.64. The van der Waals surface area contributed by atoms with Gasteiger partial charge in [-0.25, -0.2) is 0 Å². The Labute approximate surface area is 171 Å². The third-order valence-electron chi connectivity index (χ3n) is 6.36. The molecule has 1 aliphatic carbocycles. The summed E-state index contributed by atoms with van der Waals surface area (Å²) in [5.74, 6) is 1.76. The highest BCUT2D eigenvalue weighted by molar-refractivity contribution is 6.00. The fraction of sp³-hybridized carbons (Fsp3) is 0.565. The van der Waals surface area contributed by atoms with Gasteiger partial charge in [0.15, 0.2) is 0 Å². The zero-order chi connectivity index (χ0) is 20.6. The summed E-state index contributed by atoms with van der Waals surface area (Å²) in [5, 5.41) is 15.0. The summed E-state index contributed by atoms with van der Waals surface area (Å²) in [4.78, 5) is 15.2. The van der Waals surface area contributed by atoms with Crippen molar-refractivity contribution in [1.29, 1.82) is 0 Å². The molecule has 1 aromatic carbocycles. The Balaban J connectivity index is 1.41. The van der Waals surface area contributed by atoms with Gasteiger partial charge in [0.2, 0.25) is 5.91 Å². The zero-order valence-electron chi connectivity index (χ0n) is 17.5. The SMILES string of the molecule is Cc1cc(CC2(O)CCC3(CCN(c4ccc(OC(C)C)cc4)C3=O)CC2)no1. The first-order valence-electron chi connectivity index (χ1n) is 10.5. The molecule has 0 atom stereocenters. The molecule has 4 rings (SSSR count). The van der Waals surface area contributed by atoms with Crippen LogP contribution in [-0.4, -0.2) is 34.4 Å². The summed E-state index contributed by atoms with van der Waals surface area (Å²) in [5.41, 5.74) is 0.544. The lowest BCUT2D eigenvalue weighted by Crippen LogP contribution is -2.44. The molecule has 2 fully saturated rings. The molecule has 6 nitrogen and oxygen atoms in total. The van der Waals surface area contributed by atoms with Gasteiger partial charge in [0.05, 0.1) is 22.8 Å². The monoisotopic (exact) mass is 398 g/mol. The number of hydrogen-bond donors (Lipinski definition) is 1.